The van der Waals surface area contributed by atoms with Gasteiger partial charge in [-0.3, -0.25) is 0 Å². The molecule has 138 valence electrons. The SMILES string of the molecule is COc1cccc(SCCCn2c3ccc(Br)cc3c3cc(Br)ccc32)c1. The Morgan fingerprint density at radius 1 is 0.889 bits per heavy atom. The lowest BCUT2D eigenvalue weighted by Crippen LogP contribution is -1.99. The third-order valence-corrected chi connectivity index (χ3v) is 6.69. The second-order valence-electron chi connectivity index (χ2n) is 6.36. The smallest absolute Gasteiger partial charge is 0.119 e. The lowest BCUT2D eigenvalue weighted by Gasteiger charge is -2.08. The molecule has 5 heteroatoms. The first-order chi connectivity index (χ1) is 13.2. The van der Waals surface area contributed by atoms with Crippen molar-refractivity contribution in [2.45, 2.75) is 17.9 Å². The Hall–Kier alpha value is -1.43. The zero-order valence-electron chi connectivity index (χ0n) is 14.9. The largest absolute Gasteiger partial charge is 0.497 e. The zero-order chi connectivity index (χ0) is 18.8. The lowest BCUT2D eigenvalue weighted by molar-refractivity contribution is 0.413. The summed E-state index contributed by atoms with van der Waals surface area (Å²) < 4.78 is 9.98. The lowest BCUT2D eigenvalue weighted by atomic mass is 10.2. The van der Waals surface area contributed by atoms with Gasteiger partial charge in [0.1, 0.15) is 5.75 Å². The van der Waals surface area contributed by atoms with Crippen LogP contribution in [0.25, 0.3) is 21.8 Å². The van der Waals surface area contributed by atoms with E-state index in [2.05, 4.69) is 85.0 Å². The molecule has 0 fully saturated rings. The molecule has 0 unspecified atom stereocenters. The number of nitrogens with zero attached hydrogens (tertiary/aromatic N) is 1. The molecule has 0 bridgehead atoms. The van der Waals surface area contributed by atoms with Crippen LogP contribution in [0.2, 0.25) is 0 Å². The van der Waals surface area contributed by atoms with E-state index in [1.54, 1.807) is 7.11 Å². The normalized spacial score (nSPS) is 11.4. The number of hydrogen-bond acceptors (Lipinski definition) is 2. The molecule has 0 amide bonds. The number of rotatable bonds is 6. The van der Waals surface area contributed by atoms with Crippen LogP contribution in [0.4, 0.5) is 0 Å². The standard InChI is InChI=1S/C22H19Br2NOS/c1-26-17-4-2-5-18(14-17)27-11-3-10-25-21-8-6-15(23)12-19(21)20-13-16(24)7-9-22(20)25/h2,4-9,12-14H,3,10-11H2,1H3. The molecule has 0 radical (unpaired) electrons. The van der Waals surface area contributed by atoms with Gasteiger partial charge in [0.25, 0.3) is 0 Å². The van der Waals surface area contributed by atoms with Crippen molar-refractivity contribution in [3.63, 3.8) is 0 Å². The molecular weight excluding hydrogens is 486 g/mol. The highest BCUT2D eigenvalue weighted by atomic mass is 79.9. The van der Waals surface area contributed by atoms with E-state index >= 15 is 0 Å². The Balaban J connectivity index is 1.56. The van der Waals surface area contributed by atoms with Crippen LogP contribution in [-0.2, 0) is 6.54 Å². The van der Waals surface area contributed by atoms with Gasteiger partial charge in [0.05, 0.1) is 7.11 Å². The maximum Gasteiger partial charge on any atom is 0.119 e. The Morgan fingerprint density at radius 3 is 2.19 bits per heavy atom. The third kappa shape index (κ3) is 4.05. The molecule has 0 aliphatic rings. The second-order valence-corrected chi connectivity index (χ2v) is 9.36. The highest BCUT2D eigenvalue weighted by molar-refractivity contribution is 9.10. The Labute approximate surface area is 180 Å². The zero-order valence-corrected chi connectivity index (χ0v) is 18.9. The Morgan fingerprint density at radius 2 is 1.56 bits per heavy atom. The number of aryl methyl sites for hydroxylation is 1. The minimum Gasteiger partial charge on any atom is -0.497 e. The summed E-state index contributed by atoms with van der Waals surface area (Å²) in [4.78, 5) is 1.25. The number of hydrogen-bond donors (Lipinski definition) is 0. The number of benzene rings is 3. The average Bonchev–Trinajstić information content (AvgIpc) is 2.97. The maximum atomic E-state index is 5.31. The molecule has 0 atom stereocenters. The third-order valence-electron chi connectivity index (χ3n) is 4.62. The quantitative estimate of drug-likeness (QED) is 0.199. The average molecular weight is 505 g/mol. The van der Waals surface area contributed by atoms with Crippen LogP contribution in [-0.4, -0.2) is 17.4 Å². The Bertz CT molecular complexity index is 1050. The maximum absolute atomic E-state index is 5.31. The van der Waals surface area contributed by atoms with E-state index in [0.29, 0.717) is 0 Å². The molecule has 1 aromatic heterocycles. The molecule has 2 nitrogen and oxygen atoms in total. The predicted molar refractivity (Wildman–Crippen MR) is 123 cm³/mol. The van der Waals surface area contributed by atoms with Crippen molar-refractivity contribution < 1.29 is 4.74 Å². The van der Waals surface area contributed by atoms with Crippen molar-refractivity contribution >= 4 is 65.4 Å². The molecule has 0 saturated carbocycles. The fraction of sp³-hybridized carbons (Fsp3) is 0.182. The van der Waals surface area contributed by atoms with Gasteiger partial charge in [0.2, 0.25) is 0 Å². The summed E-state index contributed by atoms with van der Waals surface area (Å²) in [6.07, 6.45) is 1.10. The first kappa shape index (κ1) is 18.9. The predicted octanol–water partition coefficient (Wildman–Crippen LogP) is 7.51. The monoisotopic (exact) mass is 503 g/mol. The summed E-state index contributed by atoms with van der Waals surface area (Å²) in [5.74, 6) is 1.99. The molecule has 27 heavy (non-hydrogen) atoms. The number of methoxy groups -OCH3 is 1. The van der Waals surface area contributed by atoms with Crippen molar-refractivity contribution in [1.29, 1.82) is 0 Å². The topological polar surface area (TPSA) is 14.2 Å². The summed E-state index contributed by atoms with van der Waals surface area (Å²) in [6, 6.07) is 21.4. The van der Waals surface area contributed by atoms with Gasteiger partial charge >= 0.3 is 0 Å². The summed E-state index contributed by atoms with van der Waals surface area (Å²) in [5, 5.41) is 2.59. The van der Waals surface area contributed by atoms with Crippen molar-refractivity contribution in [3.05, 3.63) is 69.6 Å². The molecule has 0 spiro atoms. The number of fused-ring (bicyclic) bond motifs is 3. The van der Waals surface area contributed by atoms with Gasteiger partial charge in [-0.15, -0.1) is 11.8 Å². The van der Waals surface area contributed by atoms with E-state index in [9.17, 15) is 0 Å². The second kappa shape index (κ2) is 8.29. The molecule has 0 saturated heterocycles. The minimum absolute atomic E-state index is 0.915. The van der Waals surface area contributed by atoms with E-state index in [1.807, 2.05) is 23.9 Å². The van der Waals surface area contributed by atoms with Gasteiger partial charge in [-0.25, -0.2) is 0 Å². The molecule has 0 aliphatic carbocycles. The first-order valence-electron chi connectivity index (χ1n) is 8.79. The molecule has 4 rings (SSSR count). The number of ether oxygens (including phenoxy) is 1. The summed E-state index contributed by atoms with van der Waals surface area (Å²) >= 11 is 9.10. The number of thioether (sulfide) groups is 1. The number of aromatic nitrogens is 1. The van der Waals surface area contributed by atoms with E-state index in [-0.39, 0.29) is 0 Å². The summed E-state index contributed by atoms with van der Waals surface area (Å²) in [7, 11) is 1.71. The highest BCUT2D eigenvalue weighted by Gasteiger charge is 2.11. The molecule has 4 aromatic rings. The van der Waals surface area contributed by atoms with Crippen molar-refractivity contribution in [3.8, 4) is 5.75 Å². The van der Waals surface area contributed by atoms with Crippen molar-refractivity contribution in [2.75, 3.05) is 12.9 Å². The van der Waals surface area contributed by atoms with Gasteiger partial charge in [-0.2, -0.15) is 0 Å². The van der Waals surface area contributed by atoms with E-state index in [0.717, 1.165) is 33.4 Å². The molecule has 0 N–H and O–H groups in total. The van der Waals surface area contributed by atoms with E-state index < -0.39 is 0 Å². The highest BCUT2D eigenvalue weighted by Crippen LogP contribution is 2.33. The van der Waals surface area contributed by atoms with Crippen LogP contribution in [0.3, 0.4) is 0 Å². The number of halogens is 2. The minimum atomic E-state index is 0.915. The summed E-state index contributed by atoms with van der Waals surface area (Å²) in [6.45, 7) is 1.00. The van der Waals surface area contributed by atoms with E-state index in [1.165, 1.54) is 26.7 Å². The van der Waals surface area contributed by atoms with Crippen LogP contribution in [0.1, 0.15) is 6.42 Å². The fourth-order valence-electron chi connectivity index (χ4n) is 3.39. The van der Waals surface area contributed by atoms with Crippen molar-refractivity contribution in [2.24, 2.45) is 0 Å². The van der Waals surface area contributed by atoms with Crippen LogP contribution in [0, 0.1) is 0 Å². The van der Waals surface area contributed by atoms with Gasteiger partial charge in [0, 0.05) is 42.2 Å². The van der Waals surface area contributed by atoms with Gasteiger partial charge in [-0.05, 0) is 66.8 Å². The van der Waals surface area contributed by atoms with Gasteiger partial charge in [-0.1, -0.05) is 37.9 Å². The molecule has 1 heterocycles. The van der Waals surface area contributed by atoms with Crippen LogP contribution < -0.4 is 4.74 Å². The fourth-order valence-corrected chi connectivity index (χ4v) is 5.00. The van der Waals surface area contributed by atoms with Crippen molar-refractivity contribution in [1.82, 2.24) is 4.57 Å². The molecular formula is C22H19Br2NOS. The van der Waals surface area contributed by atoms with Crippen LogP contribution >= 0.6 is 43.6 Å². The van der Waals surface area contributed by atoms with Gasteiger partial charge in [0.15, 0.2) is 0 Å². The molecule has 3 aromatic carbocycles. The van der Waals surface area contributed by atoms with Gasteiger partial charge < -0.3 is 9.30 Å². The Kier molecular flexibility index (Phi) is 5.81. The van der Waals surface area contributed by atoms with E-state index in [4.69, 9.17) is 4.74 Å². The summed E-state index contributed by atoms with van der Waals surface area (Å²) in [5.41, 5.74) is 2.58. The van der Waals surface area contributed by atoms with Crippen LogP contribution in [0.15, 0.2) is 74.5 Å². The first-order valence-corrected chi connectivity index (χ1v) is 11.4. The van der Waals surface area contributed by atoms with Crippen LogP contribution in [0.5, 0.6) is 5.75 Å². The molecule has 0 aliphatic heterocycles.